The third-order valence-electron chi connectivity index (χ3n) is 1.18. The molecule has 0 rings (SSSR count). The van der Waals surface area contributed by atoms with Gasteiger partial charge in [0, 0.05) is 0 Å². The normalized spacial score (nSPS) is 12.6. The van der Waals surface area contributed by atoms with E-state index in [9.17, 15) is 18.9 Å². The summed E-state index contributed by atoms with van der Waals surface area (Å²) >= 11 is 0. The molecule has 0 aromatic heterocycles. The molecule has 0 aromatic carbocycles. The lowest BCUT2D eigenvalue weighted by Crippen LogP contribution is -1.95. The topological polar surface area (TPSA) is 105 Å². The molecule has 0 unspecified atom stereocenters. The molecule has 0 fully saturated rings. The third-order valence-corrected chi connectivity index (χ3v) is 3.15. The van der Waals surface area contributed by atoms with Crippen molar-refractivity contribution in [3.8, 4) is 0 Å². The molecule has 0 heterocycles. The van der Waals surface area contributed by atoms with E-state index >= 15 is 0 Å². The first-order chi connectivity index (χ1) is 6.68. The number of isocyanates is 3. The number of hydrogen-bond acceptors (Lipinski definition) is 7. The van der Waals surface area contributed by atoms with Gasteiger partial charge in [-0.3, -0.25) is 0 Å². The maximum atomic E-state index is 11.7. The summed E-state index contributed by atoms with van der Waals surface area (Å²) in [5.41, 5.74) is 0. The van der Waals surface area contributed by atoms with Gasteiger partial charge < -0.3 is 4.57 Å². The minimum Gasteiger partial charge on any atom is -0.318 e. The predicted octanol–water partition coefficient (Wildman–Crippen LogP) is 0.229. The summed E-state index contributed by atoms with van der Waals surface area (Å²) in [6.07, 6.45) is 2.57. The van der Waals surface area contributed by atoms with Crippen molar-refractivity contribution in [3.05, 3.63) is 0 Å². The SMILES string of the molecule is O=C=NCP(=O)(CN=C=O)CN=C=O. The second-order valence-corrected chi connectivity index (χ2v) is 5.20. The van der Waals surface area contributed by atoms with E-state index in [1.54, 1.807) is 0 Å². The Balaban J connectivity index is 4.63. The highest BCUT2D eigenvalue weighted by atomic mass is 31.2. The Bertz CT molecular complexity index is 317. The molecule has 8 heteroatoms. The summed E-state index contributed by atoms with van der Waals surface area (Å²) in [4.78, 5) is 38.6. The maximum absolute atomic E-state index is 11.7. The van der Waals surface area contributed by atoms with Gasteiger partial charge in [0.15, 0.2) is 7.14 Å². The molecular weight excluding hydrogens is 209 g/mol. The second-order valence-electron chi connectivity index (χ2n) is 2.23. The smallest absolute Gasteiger partial charge is 0.235 e. The molecule has 0 N–H and O–H groups in total. The molecule has 0 aliphatic heterocycles. The fourth-order valence-corrected chi connectivity index (χ4v) is 1.82. The molecular formula is C6H6N3O4P. The highest BCUT2D eigenvalue weighted by Gasteiger charge is 2.21. The molecule has 0 aliphatic carbocycles. The molecule has 74 valence electrons. The van der Waals surface area contributed by atoms with Gasteiger partial charge in [0.2, 0.25) is 18.2 Å². The molecule has 7 nitrogen and oxygen atoms in total. The summed E-state index contributed by atoms with van der Waals surface area (Å²) < 4.78 is 11.7. The van der Waals surface area contributed by atoms with Gasteiger partial charge in [-0.15, -0.1) is 0 Å². The maximum Gasteiger partial charge on any atom is 0.235 e. The van der Waals surface area contributed by atoms with Crippen LogP contribution in [0.15, 0.2) is 15.0 Å². The zero-order valence-electron chi connectivity index (χ0n) is 7.04. The summed E-state index contributed by atoms with van der Waals surface area (Å²) in [7, 11) is -3.06. The Labute approximate surface area is 79.0 Å². The van der Waals surface area contributed by atoms with Crippen molar-refractivity contribution in [2.75, 3.05) is 18.9 Å². The monoisotopic (exact) mass is 215 g/mol. The fraction of sp³-hybridized carbons (Fsp3) is 0.500. The molecule has 0 aromatic rings. The predicted molar refractivity (Wildman–Crippen MR) is 46.6 cm³/mol. The molecule has 0 atom stereocenters. The molecule has 0 spiro atoms. The van der Waals surface area contributed by atoms with Crippen LogP contribution in [0.3, 0.4) is 0 Å². The van der Waals surface area contributed by atoms with E-state index in [-0.39, 0.29) is 18.9 Å². The molecule has 0 radical (unpaired) electrons. The lowest BCUT2D eigenvalue weighted by Gasteiger charge is -2.06. The minimum atomic E-state index is -3.06. The minimum absolute atomic E-state index is 0.340. The van der Waals surface area contributed by atoms with Crippen LogP contribution in [-0.2, 0) is 18.9 Å². The first-order valence-electron chi connectivity index (χ1n) is 3.36. The average Bonchev–Trinajstić information content (AvgIpc) is 2.21. The Morgan fingerprint density at radius 2 is 1.07 bits per heavy atom. The van der Waals surface area contributed by atoms with E-state index in [4.69, 9.17) is 0 Å². The van der Waals surface area contributed by atoms with Crippen LogP contribution >= 0.6 is 7.14 Å². The summed E-state index contributed by atoms with van der Waals surface area (Å²) in [5, 5.41) is 0. The van der Waals surface area contributed by atoms with Crippen LogP contribution in [0.2, 0.25) is 0 Å². The van der Waals surface area contributed by atoms with Crippen LogP contribution in [0.1, 0.15) is 0 Å². The van der Waals surface area contributed by atoms with Gasteiger partial charge in [-0.1, -0.05) is 0 Å². The zero-order chi connectivity index (χ0) is 10.9. The van der Waals surface area contributed by atoms with Gasteiger partial charge in [0.25, 0.3) is 0 Å². The van der Waals surface area contributed by atoms with Crippen LogP contribution in [0.5, 0.6) is 0 Å². The summed E-state index contributed by atoms with van der Waals surface area (Å²) in [6.45, 7) is 0. The molecule has 0 amide bonds. The average molecular weight is 215 g/mol. The molecule has 0 aliphatic rings. The number of carbonyl (C=O) groups excluding carboxylic acids is 3. The van der Waals surface area contributed by atoms with Gasteiger partial charge >= 0.3 is 0 Å². The van der Waals surface area contributed by atoms with Gasteiger partial charge in [-0.05, 0) is 0 Å². The van der Waals surface area contributed by atoms with E-state index < -0.39 is 7.14 Å². The Kier molecular flexibility index (Phi) is 6.04. The van der Waals surface area contributed by atoms with Gasteiger partial charge in [0.05, 0.1) is 0 Å². The first-order valence-corrected chi connectivity index (χ1v) is 5.63. The fourth-order valence-electron chi connectivity index (χ4n) is 0.607. The van der Waals surface area contributed by atoms with Crippen molar-refractivity contribution in [2.45, 2.75) is 0 Å². The van der Waals surface area contributed by atoms with Gasteiger partial charge in [-0.25, -0.2) is 14.4 Å². The number of hydrogen-bond donors (Lipinski definition) is 0. The highest BCUT2D eigenvalue weighted by molar-refractivity contribution is 7.63. The van der Waals surface area contributed by atoms with E-state index in [0.29, 0.717) is 0 Å². The summed E-state index contributed by atoms with van der Waals surface area (Å²) in [6, 6.07) is 0. The van der Waals surface area contributed by atoms with Crippen LogP contribution < -0.4 is 0 Å². The Hall–Kier alpha value is -1.63. The van der Waals surface area contributed by atoms with E-state index in [1.165, 1.54) is 18.2 Å². The molecule has 14 heavy (non-hydrogen) atoms. The first kappa shape index (κ1) is 12.4. The van der Waals surface area contributed by atoms with E-state index in [0.717, 1.165) is 0 Å². The molecule has 0 saturated carbocycles. The molecule has 0 bridgehead atoms. The standard InChI is InChI=1S/C6H6N3O4P/c10-1-7-4-14(13,5-8-2-11)6-9-3-12/h4-6H2. The number of nitrogens with zero attached hydrogens (tertiary/aromatic N) is 3. The van der Waals surface area contributed by atoms with Gasteiger partial charge in [-0.2, -0.15) is 15.0 Å². The van der Waals surface area contributed by atoms with E-state index in [2.05, 4.69) is 15.0 Å². The van der Waals surface area contributed by atoms with Crippen molar-refractivity contribution in [3.63, 3.8) is 0 Å². The summed E-state index contributed by atoms with van der Waals surface area (Å²) in [5.74, 6) is 0. The lowest BCUT2D eigenvalue weighted by atomic mass is 11.3. The van der Waals surface area contributed by atoms with Crippen molar-refractivity contribution in [1.29, 1.82) is 0 Å². The van der Waals surface area contributed by atoms with Crippen molar-refractivity contribution in [2.24, 2.45) is 15.0 Å². The van der Waals surface area contributed by atoms with Crippen molar-refractivity contribution in [1.82, 2.24) is 0 Å². The second kappa shape index (κ2) is 6.84. The number of aliphatic imine (C=N–C) groups is 3. The lowest BCUT2D eigenvalue weighted by molar-refractivity contribution is 0.557. The largest absolute Gasteiger partial charge is 0.318 e. The Morgan fingerprint density at radius 3 is 1.29 bits per heavy atom. The Morgan fingerprint density at radius 1 is 0.786 bits per heavy atom. The third kappa shape index (κ3) is 5.09. The van der Waals surface area contributed by atoms with Crippen LogP contribution in [0.25, 0.3) is 0 Å². The van der Waals surface area contributed by atoms with Crippen molar-refractivity contribution >= 4 is 25.4 Å². The van der Waals surface area contributed by atoms with Crippen LogP contribution in [0.4, 0.5) is 0 Å². The van der Waals surface area contributed by atoms with Crippen molar-refractivity contribution < 1.29 is 18.9 Å². The van der Waals surface area contributed by atoms with Crippen LogP contribution in [-0.4, -0.2) is 37.1 Å². The molecule has 0 saturated heterocycles. The zero-order valence-corrected chi connectivity index (χ0v) is 7.94. The highest BCUT2D eigenvalue weighted by Crippen LogP contribution is 2.45. The quantitative estimate of drug-likeness (QED) is 0.359. The van der Waals surface area contributed by atoms with Crippen LogP contribution in [0, 0.1) is 0 Å². The van der Waals surface area contributed by atoms with Gasteiger partial charge in [0.1, 0.15) is 18.9 Å². The van der Waals surface area contributed by atoms with E-state index in [1.807, 2.05) is 0 Å². The number of rotatable bonds is 6.